The molecule has 0 aliphatic carbocycles. The Morgan fingerprint density at radius 2 is 2.50 bits per heavy atom. The number of halogens is 1. The van der Waals surface area contributed by atoms with Gasteiger partial charge in [0.1, 0.15) is 0 Å². The van der Waals surface area contributed by atoms with Gasteiger partial charge in [-0.05, 0) is 6.42 Å². The first-order chi connectivity index (χ1) is 4.83. The van der Waals surface area contributed by atoms with Gasteiger partial charge in [0.15, 0.2) is 0 Å². The van der Waals surface area contributed by atoms with Gasteiger partial charge in [-0.3, -0.25) is 0 Å². The summed E-state index contributed by atoms with van der Waals surface area (Å²) in [7, 11) is 1.70. The van der Waals surface area contributed by atoms with Crippen LogP contribution in [0.25, 0.3) is 0 Å². The second kappa shape index (κ2) is 3.56. The minimum absolute atomic E-state index is 0.107. The molecule has 0 aromatic rings. The number of methoxy groups -OCH3 is 1. The van der Waals surface area contributed by atoms with Crippen LogP contribution in [0.1, 0.15) is 6.42 Å². The lowest BCUT2D eigenvalue weighted by atomic mass is 9.91. The van der Waals surface area contributed by atoms with Crippen molar-refractivity contribution in [3.63, 3.8) is 0 Å². The molecule has 0 aromatic heterocycles. The molecule has 0 radical (unpaired) electrons. The quantitative estimate of drug-likeness (QED) is 0.585. The van der Waals surface area contributed by atoms with E-state index < -0.39 is 0 Å². The van der Waals surface area contributed by atoms with E-state index >= 15 is 0 Å². The van der Waals surface area contributed by atoms with E-state index in [2.05, 4.69) is 0 Å². The Balaban J connectivity index is 2.41. The van der Waals surface area contributed by atoms with Gasteiger partial charge in [0.2, 0.25) is 0 Å². The zero-order chi connectivity index (χ0) is 7.45. The zero-order valence-electron chi connectivity index (χ0n) is 6.23. The van der Waals surface area contributed by atoms with Gasteiger partial charge in [0.05, 0.1) is 13.2 Å². The second-order valence-electron chi connectivity index (χ2n) is 2.87. The minimum atomic E-state index is 0.107. The van der Waals surface area contributed by atoms with Crippen LogP contribution < -0.4 is 0 Å². The maximum atomic E-state index is 5.78. The Hall–Kier alpha value is 0.210. The predicted octanol–water partition coefficient (Wildman–Crippen LogP) is 1.28. The standard InChI is InChI=1S/C7H13ClO2/c1-9-5-7(4-8)2-3-10-6-7/h2-6H2,1H3. The molecule has 0 spiro atoms. The molecule has 3 heteroatoms. The molecule has 1 unspecified atom stereocenters. The van der Waals surface area contributed by atoms with Gasteiger partial charge in [0, 0.05) is 25.0 Å². The molecule has 1 aliphatic heterocycles. The van der Waals surface area contributed by atoms with Gasteiger partial charge < -0.3 is 9.47 Å². The molecule has 1 saturated heterocycles. The number of ether oxygens (including phenoxy) is 2. The predicted molar refractivity (Wildman–Crippen MR) is 40.5 cm³/mol. The van der Waals surface area contributed by atoms with Crippen LogP contribution in [0, 0.1) is 5.41 Å². The van der Waals surface area contributed by atoms with Gasteiger partial charge in [0.25, 0.3) is 0 Å². The van der Waals surface area contributed by atoms with E-state index in [-0.39, 0.29) is 5.41 Å². The van der Waals surface area contributed by atoms with Crippen molar-refractivity contribution in [1.82, 2.24) is 0 Å². The summed E-state index contributed by atoms with van der Waals surface area (Å²) < 4.78 is 10.3. The average Bonchev–Trinajstić information content (AvgIpc) is 2.39. The summed E-state index contributed by atoms with van der Waals surface area (Å²) in [5, 5.41) is 0. The highest BCUT2D eigenvalue weighted by molar-refractivity contribution is 6.18. The molecule has 1 rings (SSSR count). The molecule has 1 atom stereocenters. The van der Waals surface area contributed by atoms with Gasteiger partial charge in [-0.15, -0.1) is 11.6 Å². The van der Waals surface area contributed by atoms with E-state index in [1.54, 1.807) is 7.11 Å². The van der Waals surface area contributed by atoms with E-state index in [1.807, 2.05) is 0 Å². The molecule has 1 fully saturated rings. The summed E-state index contributed by atoms with van der Waals surface area (Å²) in [6.45, 7) is 2.30. The second-order valence-corrected chi connectivity index (χ2v) is 3.14. The summed E-state index contributed by atoms with van der Waals surface area (Å²) in [5.74, 6) is 0.640. The molecule has 0 N–H and O–H groups in total. The molecule has 10 heavy (non-hydrogen) atoms. The summed E-state index contributed by atoms with van der Waals surface area (Å²) in [4.78, 5) is 0. The third kappa shape index (κ3) is 1.62. The first-order valence-electron chi connectivity index (χ1n) is 3.46. The van der Waals surface area contributed by atoms with Crippen molar-refractivity contribution < 1.29 is 9.47 Å². The maximum absolute atomic E-state index is 5.78. The number of hydrogen-bond acceptors (Lipinski definition) is 2. The van der Waals surface area contributed by atoms with Crippen LogP contribution in [0.4, 0.5) is 0 Å². The highest BCUT2D eigenvalue weighted by atomic mass is 35.5. The lowest BCUT2D eigenvalue weighted by Crippen LogP contribution is -2.28. The van der Waals surface area contributed by atoms with E-state index in [0.29, 0.717) is 5.88 Å². The van der Waals surface area contributed by atoms with Gasteiger partial charge in [-0.25, -0.2) is 0 Å². The van der Waals surface area contributed by atoms with Crippen LogP contribution in [0.2, 0.25) is 0 Å². The fourth-order valence-electron chi connectivity index (χ4n) is 1.21. The molecule has 0 saturated carbocycles. The van der Waals surface area contributed by atoms with Crippen LogP contribution in [0.5, 0.6) is 0 Å². The fraction of sp³-hybridized carbons (Fsp3) is 1.00. The van der Waals surface area contributed by atoms with Crippen LogP contribution in [0.15, 0.2) is 0 Å². The van der Waals surface area contributed by atoms with Crippen molar-refractivity contribution in [1.29, 1.82) is 0 Å². The first-order valence-corrected chi connectivity index (χ1v) is 3.99. The SMILES string of the molecule is COCC1(CCl)CCOC1. The summed E-state index contributed by atoms with van der Waals surface area (Å²) >= 11 is 5.78. The zero-order valence-corrected chi connectivity index (χ0v) is 6.99. The third-order valence-corrected chi connectivity index (χ3v) is 2.49. The van der Waals surface area contributed by atoms with E-state index in [0.717, 1.165) is 26.2 Å². The topological polar surface area (TPSA) is 18.5 Å². The van der Waals surface area contributed by atoms with Gasteiger partial charge in [-0.1, -0.05) is 0 Å². The minimum Gasteiger partial charge on any atom is -0.384 e. The molecular formula is C7H13ClO2. The molecule has 1 aliphatic rings. The average molecular weight is 165 g/mol. The van der Waals surface area contributed by atoms with Crippen molar-refractivity contribution in [3.05, 3.63) is 0 Å². The summed E-state index contributed by atoms with van der Waals surface area (Å²) in [6.07, 6.45) is 1.03. The van der Waals surface area contributed by atoms with Crippen molar-refractivity contribution in [3.8, 4) is 0 Å². The number of rotatable bonds is 3. The summed E-state index contributed by atoms with van der Waals surface area (Å²) in [5.41, 5.74) is 0.107. The van der Waals surface area contributed by atoms with Crippen LogP contribution in [-0.4, -0.2) is 32.8 Å². The van der Waals surface area contributed by atoms with Crippen LogP contribution >= 0.6 is 11.6 Å². The molecule has 0 aromatic carbocycles. The highest BCUT2D eigenvalue weighted by Gasteiger charge is 2.33. The molecule has 60 valence electrons. The number of alkyl halides is 1. The maximum Gasteiger partial charge on any atom is 0.0556 e. The Morgan fingerprint density at radius 1 is 1.70 bits per heavy atom. The Morgan fingerprint density at radius 3 is 2.90 bits per heavy atom. The first kappa shape index (κ1) is 8.31. The largest absolute Gasteiger partial charge is 0.384 e. The van der Waals surface area contributed by atoms with E-state index in [4.69, 9.17) is 21.1 Å². The Labute approximate surface area is 66.5 Å². The molecular weight excluding hydrogens is 152 g/mol. The summed E-state index contributed by atoms with van der Waals surface area (Å²) in [6, 6.07) is 0. The Kier molecular flexibility index (Phi) is 2.96. The molecule has 0 bridgehead atoms. The van der Waals surface area contributed by atoms with Gasteiger partial charge in [-0.2, -0.15) is 0 Å². The third-order valence-electron chi connectivity index (χ3n) is 1.92. The number of hydrogen-bond donors (Lipinski definition) is 0. The van der Waals surface area contributed by atoms with Crippen molar-refractivity contribution >= 4 is 11.6 Å². The Bertz CT molecular complexity index is 99.8. The lowest BCUT2D eigenvalue weighted by Gasteiger charge is -2.22. The van der Waals surface area contributed by atoms with Crippen molar-refractivity contribution in [2.75, 3.05) is 32.8 Å². The highest BCUT2D eigenvalue weighted by Crippen LogP contribution is 2.29. The van der Waals surface area contributed by atoms with Crippen LogP contribution in [-0.2, 0) is 9.47 Å². The van der Waals surface area contributed by atoms with E-state index in [9.17, 15) is 0 Å². The lowest BCUT2D eigenvalue weighted by molar-refractivity contribution is 0.0770. The molecule has 2 nitrogen and oxygen atoms in total. The van der Waals surface area contributed by atoms with E-state index in [1.165, 1.54) is 0 Å². The smallest absolute Gasteiger partial charge is 0.0556 e. The van der Waals surface area contributed by atoms with Crippen LogP contribution in [0.3, 0.4) is 0 Å². The van der Waals surface area contributed by atoms with Gasteiger partial charge >= 0.3 is 0 Å². The molecule has 1 heterocycles. The van der Waals surface area contributed by atoms with Crippen molar-refractivity contribution in [2.45, 2.75) is 6.42 Å². The normalized spacial score (nSPS) is 33.0. The molecule has 0 amide bonds. The monoisotopic (exact) mass is 164 g/mol. The fourth-order valence-corrected chi connectivity index (χ4v) is 1.50. The van der Waals surface area contributed by atoms with Crippen molar-refractivity contribution in [2.24, 2.45) is 5.41 Å².